The van der Waals surface area contributed by atoms with Gasteiger partial charge in [0.05, 0.1) is 25.9 Å². The van der Waals surface area contributed by atoms with Crippen LogP contribution in [-0.4, -0.2) is 12.9 Å². The molecule has 2 aromatic rings. The number of ether oxygens (including phenoxy) is 2. The fraction of sp³-hybridized carbons (Fsp3) is 0.188. The molecule has 0 spiro atoms. The standard InChI is InChI=1S/C16H18N2O2/c1-19-15-8-7-13(9-14(15)16(17)18)11-20-10-12-5-3-2-4-6-12/h2-9H,10-11H2,1H3,(H3,17,18). The number of amidine groups is 1. The van der Waals surface area contributed by atoms with Crippen LogP contribution in [0.25, 0.3) is 0 Å². The Bertz CT molecular complexity index is 582. The van der Waals surface area contributed by atoms with Crippen LogP contribution in [0.4, 0.5) is 0 Å². The summed E-state index contributed by atoms with van der Waals surface area (Å²) in [7, 11) is 1.56. The lowest BCUT2D eigenvalue weighted by Crippen LogP contribution is -2.13. The lowest BCUT2D eigenvalue weighted by molar-refractivity contribution is 0.107. The molecule has 3 N–H and O–H groups in total. The van der Waals surface area contributed by atoms with Gasteiger partial charge in [0.1, 0.15) is 11.6 Å². The topological polar surface area (TPSA) is 68.3 Å². The first kappa shape index (κ1) is 14.1. The number of nitrogens with one attached hydrogen (secondary N) is 1. The minimum absolute atomic E-state index is 0.00763. The number of benzene rings is 2. The summed E-state index contributed by atoms with van der Waals surface area (Å²) < 4.78 is 10.8. The average molecular weight is 270 g/mol. The molecule has 0 aliphatic carbocycles. The molecule has 0 atom stereocenters. The lowest BCUT2D eigenvalue weighted by atomic mass is 10.1. The van der Waals surface area contributed by atoms with Gasteiger partial charge in [-0.1, -0.05) is 36.4 Å². The summed E-state index contributed by atoms with van der Waals surface area (Å²) in [6, 6.07) is 15.5. The van der Waals surface area contributed by atoms with Crippen molar-refractivity contribution in [2.24, 2.45) is 5.73 Å². The Morgan fingerprint density at radius 3 is 2.40 bits per heavy atom. The second-order valence-corrected chi connectivity index (χ2v) is 4.43. The van der Waals surface area contributed by atoms with Crippen LogP contribution in [0.3, 0.4) is 0 Å². The van der Waals surface area contributed by atoms with Crippen molar-refractivity contribution in [3.8, 4) is 5.75 Å². The number of rotatable bonds is 6. The Kier molecular flexibility index (Phi) is 4.74. The molecule has 0 saturated heterocycles. The van der Waals surface area contributed by atoms with Crippen molar-refractivity contribution in [2.45, 2.75) is 13.2 Å². The molecule has 0 fully saturated rings. The van der Waals surface area contributed by atoms with E-state index in [4.69, 9.17) is 20.6 Å². The molecular formula is C16H18N2O2. The number of hydrogen-bond acceptors (Lipinski definition) is 3. The highest BCUT2D eigenvalue weighted by Gasteiger charge is 2.07. The third-order valence-electron chi connectivity index (χ3n) is 2.93. The molecule has 4 heteroatoms. The van der Waals surface area contributed by atoms with Gasteiger partial charge in [-0.15, -0.1) is 0 Å². The molecule has 0 saturated carbocycles. The van der Waals surface area contributed by atoms with Gasteiger partial charge in [-0.2, -0.15) is 0 Å². The van der Waals surface area contributed by atoms with Crippen molar-refractivity contribution >= 4 is 5.84 Å². The van der Waals surface area contributed by atoms with E-state index in [0.29, 0.717) is 24.5 Å². The van der Waals surface area contributed by atoms with Gasteiger partial charge >= 0.3 is 0 Å². The first-order chi connectivity index (χ1) is 9.70. The van der Waals surface area contributed by atoms with Gasteiger partial charge in [0.2, 0.25) is 0 Å². The maximum atomic E-state index is 7.54. The molecule has 0 heterocycles. The molecule has 0 aromatic heterocycles. The Labute approximate surface area is 118 Å². The Morgan fingerprint density at radius 1 is 1.05 bits per heavy atom. The summed E-state index contributed by atoms with van der Waals surface area (Å²) in [5.41, 5.74) is 8.23. The molecule has 0 bridgehead atoms. The van der Waals surface area contributed by atoms with Gasteiger partial charge < -0.3 is 15.2 Å². The zero-order valence-corrected chi connectivity index (χ0v) is 11.4. The third-order valence-corrected chi connectivity index (χ3v) is 2.93. The molecule has 0 unspecified atom stereocenters. The SMILES string of the molecule is COc1ccc(COCc2ccccc2)cc1C(=N)N. The van der Waals surface area contributed by atoms with Crippen molar-refractivity contribution in [2.75, 3.05) is 7.11 Å². The molecule has 0 aliphatic rings. The Morgan fingerprint density at radius 2 is 1.75 bits per heavy atom. The van der Waals surface area contributed by atoms with E-state index in [0.717, 1.165) is 11.1 Å². The van der Waals surface area contributed by atoms with Crippen molar-refractivity contribution in [3.63, 3.8) is 0 Å². The van der Waals surface area contributed by atoms with Crippen molar-refractivity contribution in [3.05, 3.63) is 65.2 Å². The summed E-state index contributed by atoms with van der Waals surface area (Å²) >= 11 is 0. The monoisotopic (exact) mass is 270 g/mol. The van der Waals surface area contributed by atoms with Gasteiger partial charge in [0.15, 0.2) is 0 Å². The van der Waals surface area contributed by atoms with Crippen molar-refractivity contribution in [1.82, 2.24) is 0 Å². The maximum Gasteiger partial charge on any atom is 0.129 e. The quantitative estimate of drug-likeness (QED) is 0.626. The first-order valence-corrected chi connectivity index (χ1v) is 6.33. The molecule has 0 radical (unpaired) electrons. The second kappa shape index (κ2) is 6.73. The van der Waals surface area contributed by atoms with Crippen LogP contribution >= 0.6 is 0 Å². The van der Waals surface area contributed by atoms with Gasteiger partial charge in [-0.25, -0.2) is 0 Å². The summed E-state index contributed by atoms with van der Waals surface area (Å²) in [5.74, 6) is 0.594. The number of hydrogen-bond donors (Lipinski definition) is 2. The van der Waals surface area contributed by atoms with Crippen LogP contribution in [0, 0.1) is 5.41 Å². The number of nitrogens with two attached hydrogens (primary N) is 1. The van der Waals surface area contributed by atoms with Crippen LogP contribution in [-0.2, 0) is 18.0 Å². The lowest BCUT2D eigenvalue weighted by Gasteiger charge is -2.10. The second-order valence-electron chi connectivity index (χ2n) is 4.43. The van der Waals surface area contributed by atoms with E-state index in [1.54, 1.807) is 13.2 Å². The van der Waals surface area contributed by atoms with E-state index in [-0.39, 0.29) is 5.84 Å². The van der Waals surface area contributed by atoms with Gasteiger partial charge in [-0.05, 0) is 23.3 Å². The van der Waals surface area contributed by atoms with E-state index in [1.165, 1.54) is 0 Å². The normalized spacial score (nSPS) is 10.2. The van der Waals surface area contributed by atoms with Crippen LogP contribution < -0.4 is 10.5 Å². The van der Waals surface area contributed by atoms with Gasteiger partial charge in [-0.3, -0.25) is 5.41 Å². The van der Waals surface area contributed by atoms with E-state index in [9.17, 15) is 0 Å². The minimum atomic E-state index is -0.00763. The zero-order chi connectivity index (χ0) is 14.4. The fourth-order valence-corrected chi connectivity index (χ4v) is 1.92. The molecule has 20 heavy (non-hydrogen) atoms. The van der Waals surface area contributed by atoms with Gasteiger partial charge in [0, 0.05) is 0 Å². The van der Waals surface area contributed by atoms with Crippen LogP contribution in [0.15, 0.2) is 48.5 Å². The number of methoxy groups -OCH3 is 1. The van der Waals surface area contributed by atoms with Crippen LogP contribution in [0.1, 0.15) is 16.7 Å². The maximum absolute atomic E-state index is 7.54. The third kappa shape index (κ3) is 3.59. The van der Waals surface area contributed by atoms with Crippen molar-refractivity contribution < 1.29 is 9.47 Å². The molecule has 2 aromatic carbocycles. The summed E-state index contributed by atoms with van der Waals surface area (Å²) in [6.07, 6.45) is 0. The average Bonchev–Trinajstić information content (AvgIpc) is 2.48. The predicted molar refractivity (Wildman–Crippen MR) is 78.9 cm³/mol. The molecule has 0 aliphatic heterocycles. The molecule has 2 rings (SSSR count). The first-order valence-electron chi connectivity index (χ1n) is 6.33. The summed E-state index contributed by atoms with van der Waals surface area (Å²) in [4.78, 5) is 0. The Hall–Kier alpha value is -2.33. The summed E-state index contributed by atoms with van der Waals surface area (Å²) in [5, 5.41) is 7.54. The van der Waals surface area contributed by atoms with Crippen LogP contribution in [0.2, 0.25) is 0 Å². The molecule has 4 nitrogen and oxygen atoms in total. The Balaban J connectivity index is 1.99. The minimum Gasteiger partial charge on any atom is -0.496 e. The smallest absolute Gasteiger partial charge is 0.129 e. The van der Waals surface area contributed by atoms with Crippen molar-refractivity contribution in [1.29, 1.82) is 5.41 Å². The molecule has 104 valence electrons. The fourth-order valence-electron chi connectivity index (χ4n) is 1.92. The van der Waals surface area contributed by atoms with E-state index < -0.39 is 0 Å². The number of nitrogen functional groups attached to an aromatic ring is 1. The van der Waals surface area contributed by atoms with E-state index in [2.05, 4.69) is 0 Å². The zero-order valence-electron chi connectivity index (χ0n) is 11.4. The highest BCUT2D eigenvalue weighted by Crippen LogP contribution is 2.20. The van der Waals surface area contributed by atoms with Crippen LogP contribution in [0.5, 0.6) is 5.75 Å². The predicted octanol–water partition coefficient (Wildman–Crippen LogP) is 2.70. The molecule has 0 amide bonds. The largest absolute Gasteiger partial charge is 0.496 e. The van der Waals surface area contributed by atoms with E-state index >= 15 is 0 Å². The van der Waals surface area contributed by atoms with E-state index in [1.807, 2.05) is 42.5 Å². The highest BCUT2D eigenvalue weighted by atomic mass is 16.5. The molecular weight excluding hydrogens is 252 g/mol. The highest BCUT2D eigenvalue weighted by molar-refractivity contribution is 5.97. The van der Waals surface area contributed by atoms with Gasteiger partial charge in [0.25, 0.3) is 0 Å². The summed E-state index contributed by atoms with van der Waals surface area (Å²) in [6.45, 7) is 1.03.